The third-order valence-corrected chi connectivity index (χ3v) is 3.92. The normalized spacial score (nSPS) is 18.3. The molecule has 1 heterocycles. The van der Waals surface area contributed by atoms with Crippen molar-refractivity contribution in [2.24, 2.45) is 5.92 Å². The van der Waals surface area contributed by atoms with E-state index < -0.39 is 0 Å². The predicted octanol–water partition coefficient (Wildman–Crippen LogP) is 2.67. The number of aromatic hydroxyl groups is 1. The number of phenolic OH excluding ortho intramolecular Hbond substituents is 1. The average molecular weight is 259 g/mol. The summed E-state index contributed by atoms with van der Waals surface area (Å²) in [5.74, 6) is 0.705. The second kappa shape index (κ2) is 4.30. The van der Waals surface area contributed by atoms with E-state index >= 15 is 0 Å². The highest BCUT2D eigenvalue weighted by atomic mass is 16.4. The molecule has 4 heteroatoms. The minimum Gasteiger partial charge on any atom is -0.507 e. The lowest BCUT2D eigenvalue weighted by Gasteiger charge is -2.22. The van der Waals surface area contributed by atoms with E-state index in [9.17, 15) is 9.90 Å². The number of fused-ring (bicyclic) bond motifs is 3. The fraction of sp³-hybridized carbons (Fsp3) is 0.400. The van der Waals surface area contributed by atoms with Crippen molar-refractivity contribution in [1.82, 2.24) is 0 Å². The summed E-state index contributed by atoms with van der Waals surface area (Å²) in [4.78, 5) is 12.0. The first-order chi connectivity index (χ1) is 9.10. The Morgan fingerprint density at radius 1 is 1.37 bits per heavy atom. The molecule has 2 N–H and O–H groups in total. The number of benzene rings is 1. The molecule has 0 aliphatic heterocycles. The average Bonchev–Trinajstić information content (AvgIpc) is 2.37. The van der Waals surface area contributed by atoms with Crippen LogP contribution in [0.5, 0.6) is 5.75 Å². The Balaban J connectivity index is 2.37. The van der Waals surface area contributed by atoms with Gasteiger partial charge in [0.15, 0.2) is 0 Å². The van der Waals surface area contributed by atoms with Crippen molar-refractivity contribution < 1.29 is 9.52 Å². The van der Waals surface area contributed by atoms with E-state index in [4.69, 9.17) is 4.42 Å². The Kier molecular flexibility index (Phi) is 2.73. The molecule has 19 heavy (non-hydrogen) atoms. The summed E-state index contributed by atoms with van der Waals surface area (Å²) in [5.41, 5.74) is 2.63. The highest BCUT2D eigenvalue weighted by Gasteiger charge is 2.23. The molecule has 1 aromatic heterocycles. The number of anilines is 1. The molecule has 1 unspecified atom stereocenters. The van der Waals surface area contributed by atoms with E-state index in [1.54, 1.807) is 19.2 Å². The Labute approximate surface area is 111 Å². The lowest BCUT2D eigenvalue weighted by atomic mass is 9.84. The van der Waals surface area contributed by atoms with Gasteiger partial charge in [-0.05, 0) is 30.7 Å². The molecule has 1 aromatic carbocycles. The Hall–Kier alpha value is -1.97. The minimum atomic E-state index is -0.262. The maximum atomic E-state index is 12.0. The summed E-state index contributed by atoms with van der Waals surface area (Å²) in [5, 5.41) is 13.9. The minimum absolute atomic E-state index is 0.177. The van der Waals surface area contributed by atoms with Crippen LogP contribution in [0.15, 0.2) is 21.3 Å². The van der Waals surface area contributed by atoms with Crippen molar-refractivity contribution in [3.05, 3.63) is 33.7 Å². The summed E-state index contributed by atoms with van der Waals surface area (Å²) in [6.45, 7) is 2.17. The molecule has 1 atom stereocenters. The Morgan fingerprint density at radius 3 is 2.89 bits per heavy atom. The van der Waals surface area contributed by atoms with Gasteiger partial charge in [0.05, 0.1) is 5.39 Å². The molecular weight excluding hydrogens is 242 g/mol. The quantitative estimate of drug-likeness (QED) is 0.773. The van der Waals surface area contributed by atoms with Crippen LogP contribution in [0, 0.1) is 5.92 Å². The van der Waals surface area contributed by atoms with E-state index in [-0.39, 0.29) is 11.4 Å². The van der Waals surface area contributed by atoms with Crippen LogP contribution >= 0.6 is 0 Å². The molecule has 0 bridgehead atoms. The first kappa shape index (κ1) is 12.1. The van der Waals surface area contributed by atoms with Crippen molar-refractivity contribution in [1.29, 1.82) is 0 Å². The molecule has 0 fully saturated rings. The monoisotopic (exact) mass is 259 g/mol. The van der Waals surface area contributed by atoms with Crippen LogP contribution in [0.2, 0.25) is 0 Å². The molecule has 2 aromatic rings. The van der Waals surface area contributed by atoms with Crippen molar-refractivity contribution in [3.63, 3.8) is 0 Å². The first-order valence-electron chi connectivity index (χ1n) is 6.59. The molecule has 100 valence electrons. The number of nitrogens with one attached hydrogen (secondary N) is 1. The van der Waals surface area contributed by atoms with Crippen LogP contribution < -0.4 is 10.9 Å². The molecule has 3 rings (SSSR count). The van der Waals surface area contributed by atoms with Crippen LogP contribution in [-0.4, -0.2) is 12.2 Å². The van der Waals surface area contributed by atoms with Crippen molar-refractivity contribution in [2.75, 3.05) is 12.4 Å². The highest BCUT2D eigenvalue weighted by Crippen LogP contribution is 2.36. The fourth-order valence-corrected chi connectivity index (χ4v) is 2.88. The lowest BCUT2D eigenvalue weighted by Crippen LogP contribution is -2.20. The van der Waals surface area contributed by atoms with E-state index in [1.165, 1.54) is 0 Å². The number of rotatable bonds is 1. The zero-order chi connectivity index (χ0) is 13.6. The topological polar surface area (TPSA) is 62.5 Å². The summed E-state index contributed by atoms with van der Waals surface area (Å²) in [7, 11) is 1.76. The predicted molar refractivity (Wildman–Crippen MR) is 74.9 cm³/mol. The van der Waals surface area contributed by atoms with Gasteiger partial charge in [0.2, 0.25) is 0 Å². The zero-order valence-electron chi connectivity index (χ0n) is 11.1. The molecule has 1 aliphatic rings. The van der Waals surface area contributed by atoms with E-state index in [0.29, 0.717) is 16.9 Å². The highest BCUT2D eigenvalue weighted by molar-refractivity contribution is 5.90. The lowest BCUT2D eigenvalue weighted by molar-refractivity contribution is 0.461. The van der Waals surface area contributed by atoms with E-state index in [1.807, 2.05) is 0 Å². The van der Waals surface area contributed by atoms with Crippen molar-refractivity contribution in [3.8, 4) is 5.75 Å². The summed E-state index contributed by atoms with van der Waals surface area (Å²) >= 11 is 0. The number of hydrogen-bond donors (Lipinski definition) is 2. The van der Waals surface area contributed by atoms with Gasteiger partial charge in [-0.15, -0.1) is 0 Å². The fourth-order valence-electron chi connectivity index (χ4n) is 2.88. The third-order valence-electron chi connectivity index (χ3n) is 3.92. The summed E-state index contributed by atoms with van der Waals surface area (Å²) in [6, 6.07) is 3.43. The van der Waals surface area contributed by atoms with Crippen LogP contribution in [-0.2, 0) is 12.8 Å². The molecule has 0 radical (unpaired) electrons. The second-order valence-electron chi connectivity index (χ2n) is 5.31. The molecule has 1 aliphatic carbocycles. The van der Waals surface area contributed by atoms with Gasteiger partial charge < -0.3 is 14.8 Å². The van der Waals surface area contributed by atoms with Crippen molar-refractivity contribution in [2.45, 2.75) is 26.2 Å². The SMILES string of the molecule is CNc1cc(O)c2c3c(c(=O)oc2c1)CCC(C)C3. The van der Waals surface area contributed by atoms with E-state index in [2.05, 4.69) is 12.2 Å². The Bertz CT molecular complexity index is 703. The third kappa shape index (κ3) is 1.87. The van der Waals surface area contributed by atoms with Crippen LogP contribution in [0.3, 0.4) is 0 Å². The smallest absolute Gasteiger partial charge is 0.339 e. The van der Waals surface area contributed by atoms with Crippen LogP contribution in [0.4, 0.5) is 5.69 Å². The van der Waals surface area contributed by atoms with Crippen molar-refractivity contribution >= 4 is 16.7 Å². The van der Waals surface area contributed by atoms with E-state index in [0.717, 1.165) is 36.1 Å². The number of phenols is 1. The maximum Gasteiger partial charge on any atom is 0.339 e. The zero-order valence-corrected chi connectivity index (χ0v) is 11.1. The second-order valence-corrected chi connectivity index (χ2v) is 5.31. The van der Waals surface area contributed by atoms with Crippen LogP contribution in [0.1, 0.15) is 24.5 Å². The largest absolute Gasteiger partial charge is 0.507 e. The molecule has 4 nitrogen and oxygen atoms in total. The number of hydrogen-bond acceptors (Lipinski definition) is 4. The van der Waals surface area contributed by atoms with Crippen LogP contribution in [0.25, 0.3) is 11.0 Å². The van der Waals surface area contributed by atoms with Gasteiger partial charge in [0.1, 0.15) is 11.3 Å². The summed E-state index contributed by atoms with van der Waals surface area (Å²) < 4.78 is 5.36. The van der Waals surface area contributed by atoms with Gasteiger partial charge >= 0.3 is 5.63 Å². The Morgan fingerprint density at radius 2 is 2.16 bits per heavy atom. The standard InChI is InChI=1S/C15H17NO3/c1-8-3-4-10-11(5-8)14-12(17)6-9(16-2)7-13(14)19-15(10)18/h6-8,16-17H,3-5H2,1-2H3. The maximum absolute atomic E-state index is 12.0. The van der Waals surface area contributed by atoms with Gasteiger partial charge in [-0.3, -0.25) is 0 Å². The van der Waals surface area contributed by atoms with Gasteiger partial charge in [0.25, 0.3) is 0 Å². The molecule has 0 saturated heterocycles. The van der Waals surface area contributed by atoms with Gasteiger partial charge in [-0.2, -0.15) is 0 Å². The summed E-state index contributed by atoms with van der Waals surface area (Å²) in [6.07, 6.45) is 2.56. The first-order valence-corrected chi connectivity index (χ1v) is 6.59. The van der Waals surface area contributed by atoms with Gasteiger partial charge in [0, 0.05) is 30.4 Å². The molecule has 0 saturated carbocycles. The van der Waals surface area contributed by atoms with Gasteiger partial charge in [-0.25, -0.2) is 4.79 Å². The molecule has 0 amide bonds. The van der Waals surface area contributed by atoms with Gasteiger partial charge in [-0.1, -0.05) is 6.92 Å². The molecule has 0 spiro atoms. The molecular formula is C15H17NO3.